The van der Waals surface area contributed by atoms with Crippen LogP contribution in [-0.2, 0) is 24.3 Å². The largest absolute Gasteiger partial charge is 0.508 e. The van der Waals surface area contributed by atoms with E-state index in [4.69, 9.17) is 26.3 Å². The van der Waals surface area contributed by atoms with Gasteiger partial charge in [0.25, 0.3) is 0 Å². The molecule has 1 atom stereocenters. The number of benzene rings is 4. The van der Waals surface area contributed by atoms with E-state index in [1.807, 2.05) is 36.4 Å². The summed E-state index contributed by atoms with van der Waals surface area (Å²) in [4.78, 5) is 33.8. The van der Waals surface area contributed by atoms with E-state index >= 15 is 0 Å². The van der Waals surface area contributed by atoms with Crippen LogP contribution in [0.25, 0.3) is 27.8 Å². The van der Waals surface area contributed by atoms with Crippen LogP contribution in [0.3, 0.4) is 0 Å². The Hall–Kier alpha value is -6.93. The molecule has 1 amide bonds. The molecular weight excluding hydrogens is 846 g/mol. The van der Waals surface area contributed by atoms with Crippen molar-refractivity contribution in [2.75, 3.05) is 75.3 Å². The van der Waals surface area contributed by atoms with E-state index in [1.54, 1.807) is 17.9 Å². The van der Waals surface area contributed by atoms with Crippen molar-refractivity contribution in [3.8, 4) is 46.7 Å². The van der Waals surface area contributed by atoms with E-state index < -0.39 is 0 Å². The molecule has 6 aromatic rings. The molecule has 9 rings (SSSR count). The Bertz CT molecular complexity index is 2780. The molecule has 0 saturated carbocycles. The number of fused-ring (bicyclic) bond motifs is 2. The average molecular weight is 896 g/mol. The SMILES string of the molecule is C=CC(=O)N1CCN(c2nc(OCCN3CCN(Cc4ccc(-n5c(O)nnc5-c5cc(C)c(O)cc5O)cc4)CC3)nc3c2CCN(c2cccc4cccc(Cl)c24)C3)C[C@@H]1CC#N. The van der Waals surface area contributed by atoms with Crippen molar-refractivity contribution < 1.29 is 24.9 Å². The van der Waals surface area contributed by atoms with Crippen LogP contribution in [0.5, 0.6) is 23.5 Å². The van der Waals surface area contributed by atoms with Gasteiger partial charge in [0.2, 0.25) is 5.91 Å². The average Bonchev–Trinajstić information content (AvgIpc) is 3.70. The molecule has 2 aromatic heterocycles. The lowest BCUT2D eigenvalue weighted by Crippen LogP contribution is -2.55. The molecular formula is C48H50ClN11O5. The number of piperazine rings is 2. The molecule has 0 radical (unpaired) electrons. The lowest BCUT2D eigenvalue weighted by Gasteiger charge is -2.42. The van der Waals surface area contributed by atoms with Gasteiger partial charge >= 0.3 is 12.0 Å². The summed E-state index contributed by atoms with van der Waals surface area (Å²) in [5.41, 5.74) is 5.63. The van der Waals surface area contributed by atoms with Gasteiger partial charge in [0.15, 0.2) is 5.82 Å². The summed E-state index contributed by atoms with van der Waals surface area (Å²) in [6.07, 6.45) is 2.22. The predicted octanol–water partition coefficient (Wildman–Crippen LogP) is 5.83. The number of hydrogen-bond donors (Lipinski definition) is 3. The lowest BCUT2D eigenvalue weighted by atomic mass is 10.0. The number of amides is 1. The topological polar surface area (TPSA) is 183 Å². The van der Waals surface area contributed by atoms with E-state index in [2.05, 4.69) is 66.7 Å². The number of rotatable bonds is 12. The maximum atomic E-state index is 12.7. The number of aryl methyl sites for hydroxylation is 1. The minimum Gasteiger partial charge on any atom is -0.508 e. The standard InChI is InChI=1S/C48H50ClN11O5/c1-3-43(63)59-23-22-58(29-35(59)14-16-50)45-36-15-17-57(40-9-5-7-33-6-4-8-38(49)44(33)40)30-39(36)51-47(52-45)65-25-24-55-18-20-56(21-19-55)28-32-10-12-34(13-11-32)60-46(53-54-48(60)64)37-26-31(2)41(61)27-42(37)62/h3-13,26-27,35,61-62H,1,14-15,17-25,28-30H2,2H3,(H,54,64)/t35-/m0/s1. The second kappa shape index (κ2) is 18.7. The number of hydrogen-bond acceptors (Lipinski definition) is 14. The number of aromatic hydroxyl groups is 3. The van der Waals surface area contributed by atoms with Gasteiger partial charge < -0.3 is 34.8 Å². The highest BCUT2D eigenvalue weighted by Gasteiger charge is 2.34. The number of phenolic OH excluding ortho intramolecular Hbond substituents is 2. The maximum absolute atomic E-state index is 12.7. The Balaban J connectivity index is 0.856. The number of nitriles is 1. The van der Waals surface area contributed by atoms with Gasteiger partial charge in [0, 0.05) is 88.2 Å². The first-order chi connectivity index (χ1) is 31.6. The number of anilines is 2. The third kappa shape index (κ3) is 8.95. The summed E-state index contributed by atoms with van der Waals surface area (Å²) < 4.78 is 7.85. The second-order valence-corrected chi connectivity index (χ2v) is 17.1. The highest BCUT2D eigenvalue weighted by Crippen LogP contribution is 2.39. The first kappa shape index (κ1) is 43.3. The number of carbonyl (C=O) groups is 1. The molecule has 65 heavy (non-hydrogen) atoms. The van der Waals surface area contributed by atoms with Gasteiger partial charge in [0.1, 0.15) is 23.9 Å². The zero-order chi connectivity index (χ0) is 45.2. The van der Waals surface area contributed by atoms with Crippen LogP contribution in [0.15, 0.2) is 85.5 Å². The van der Waals surface area contributed by atoms with Gasteiger partial charge in [-0.15, -0.1) is 5.10 Å². The summed E-state index contributed by atoms with van der Waals surface area (Å²) >= 11 is 6.77. The lowest BCUT2D eigenvalue weighted by molar-refractivity contribution is -0.128. The number of aromatic nitrogens is 5. The first-order valence-electron chi connectivity index (χ1n) is 21.8. The van der Waals surface area contributed by atoms with Crippen LogP contribution in [0.4, 0.5) is 11.5 Å². The molecule has 0 spiro atoms. The van der Waals surface area contributed by atoms with Crippen molar-refractivity contribution in [3.05, 3.63) is 113 Å². The fourth-order valence-corrected chi connectivity index (χ4v) is 9.47. The van der Waals surface area contributed by atoms with E-state index in [1.165, 1.54) is 16.7 Å². The Morgan fingerprint density at radius 3 is 2.46 bits per heavy atom. The Morgan fingerprint density at radius 2 is 1.69 bits per heavy atom. The molecule has 0 unspecified atom stereocenters. The molecule has 3 N–H and O–H groups in total. The normalized spacial score (nSPS) is 16.9. The highest BCUT2D eigenvalue weighted by molar-refractivity contribution is 6.36. The van der Waals surface area contributed by atoms with E-state index in [0.717, 1.165) is 78.4 Å². The number of ether oxygens (including phenoxy) is 1. The summed E-state index contributed by atoms with van der Waals surface area (Å²) in [5.74, 6) is 0.666. The molecule has 5 heterocycles. The summed E-state index contributed by atoms with van der Waals surface area (Å²) in [6.45, 7) is 13.5. The summed E-state index contributed by atoms with van der Waals surface area (Å²) in [7, 11) is 0. The number of nitrogens with zero attached hydrogens (tertiary/aromatic N) is 11. The fraction of sp³-hybridized carbons (Fsp3) is 0.333. The molecule has 17 heteroatoms. The molecule has 16 nitrogen and oxygen atoms in total. The minimum absolute atomic E-state index is 0.0366. The minimum atomic E-state index is -0.312. The van der Waals surface area contributed by atoms with Gasteiger partial charge in [-0.1, -0.05) is 59.7 Å². The zero-order valence-electron chi connectivity index (χ0n) is 36.1. The first-order valence-corrected chi connectivity index (χ1v) is 22.2. The van der Waals surface area contributed by atoms with Crippen LogP contribution < -0.4 is 14.5 Å². The number of halogens is 1. The monoisotopic (exact) mass is 895 g/mol. The number of carbonyl (C=O) groups excluding carboxylic acids is 1. The van der Waals surface area contributed by atoms with Crippen LogP contribution in [-0.4, -0.2) is 132 Å². The molecule has 3 aliphatic rings. The van der Waals surface area contributed by atoms with E-state index in [-0.39, 0.29) is 41.7 Å². The van der Waals surface area contributed by atoms with Crippen molar-refractivity contribution in [1.29, 1.82) is 5.26 Å². The second-order valence-electron chi connectivity index (χ2n) is 16.7. The quantitative estimate of drug-likeness (QED) is 0.125. The van der Waals surface area contributed by atoms with Gasteiger partial charge in [-0.05, 0) is 66.3 Å². The molecule has 0 aliphatic carbocycles. The van der Waals surface area contributed by atoms with Crippen LogP contribution in [0.1, 0.15) is 28.8 Å². The fourth-order valence-electron chi connectivity index (χ4n) is 9.19. The van der Waals surface area contributed by atoms with Crippen LogP contribution in [0.2, 0.25) is 5.02 Å². The zero-order valence-corrected chi connectivity index (χ0v) is 36.9. The summed E-state index contributed by atoms with van der Waals surface area (Å²) in [6, 6.07) is 24.8. The Kier molecular flexibility index (Phi) is 12.4. The Labute approximate surface area is 381 Å². The summed E-state index contributed by atoms with van der Waals surface area (Å²) in [5, 5.41) is 51.6. The smallest absolute Gasteiger partial charge is 0.319 e. The van der Waals surface area contributed by atoms with Gasteiger partial charge in [0.05, 0.1) is 47.0 Å². The van der Waals surface area contributed by atoms with Gasteiger partial charge in [-0.3, -0.25) is 14.6 Å². The van der Waals surface area contributed by atoms with Crippen LogP contribution in [0, 0.1) is 18.3 Å². The van der Waals surface area contributed by atoms with Gasteiger partial charge in [-0.25, -0.2) is 4.57 Å². The Morgan fingerprint density at radius 1 is 0.923 bits per heavy atom. The van der Waals surface area contributed by atoms with Crippen molar-refractivity contribution in [3.63, 3.8) is 0 Å². The van der Waals surface area contributed by atoms with Crippen molar-refractivity contribution >= 4 is 39.8 Å². The molecule has 3 aliphatic heterocycles. The van der Waals surface area contributed by atoms with Crippen LogP contribution >= 0.6 is 11.6 Å². The third-order valence-corrected chi connectivity index (χ3v) is 13.0. The molecule has 4 aromatic carbocycles. The molecule has 0 bridgehead atoms. The molecule has 2 fully saturated rings. The molecule has 334 valence electrons. The van der Waals surface area contributed by atoms with Gasteiger partial charge in [-0.2, -0.15) is 15.2 Å². The highest BCUT2D eigenvalue weighted by atomic mass is 35.5. The number of phenols is 2. The van der Waals surface area contributed by atoms with E-state index in [0.29, 0.717) is 73.6 Å². The van der Waals surface area contributed by atoms with Crippen molar-refractivity contribution in [2.45, 2.75) is 38.9 Å². The predicted molar refractivity (Wildman–Crippen MR) is 248 cm³/mol. The maximum Gasteiger partial charge on any atom is 0.319 e. The van der Waals surface area contributed by atoms with E-state index in [9.17, 15) is 25.4 Å². The molecule has 2 saturated heterocycles. The van der Waals surface area contributed by atoms with Crippen molar-refractivity contribution in [2.24, 2.45) is 0 Å². The van der Waals surface area contributed by atoms with Crippen molar-refractivity contribution in [1.82, 2.24) is 39.4 Å². The third-order valence-electron chi connectivity index (χ3n) is 12.7.